The molecular weight excluding hydrogens is 198 g/mol. The zero-order chi connectivity index (χ0) is 9.97. The van der Waals surface area contributed by atoms with Crippen molar-refractivity contribution >= 4 is 11.6 Å². The maximum absolute atomic E-state index is 5.80. The monoisotopic (exact) mass is 211 g/mol. The van der Waals surface area contributed by atoms with Gasteiger partial charge in [-0.2, -0.15) is 0 Å². The van der Waals surface area contributed by atoms with Gasteiger partial charge in [0.05, 0.1) is 12.5 Å². The van der Waals surface area contributed by atoms with Crippen molar-refractivity contribution in [2.24, 2.45) is 5.92 Å². The van der Waals surface area contributed by atoms with Crippen molar-refractivity contribution in [1.82, 2.24) is 4.98 Å². The summed E-state index contributed by atoms with van der Waals surface area (Å²) in [6.45, 7) is 2.79. The quantitative estimate of drug-likeness (QED) is 0.715. The standard InChI is InChI=1S/C11H14ClNO/c1-8-4-11(10(5-12)6-13-8)14-7-9-2-3-9/h4,6,9H,2-3,5,7H2,1H3. The summed E-state index contributed by atoms with van der Waals surface area (Å²) in [6.07, 6.45) is 4.41. The van der Waals surface area contributed by atoms with Gasteiger partial charge in [-0.1, -0.05) is 0 Å². The Kier molecular flexibility index (Phi) is 2.92. The van der Waals surface area contributed by atoms with E-state index in [9.17, 15) is 0 Å². The van der Waals surface area contributed by atoms with E-state index in [-0.39, 0.29) is 0 Å². The first-order valence-electron chi connectivity index (χ1n) is 4.94. The molecule has 1 saturated carbocycles. The van der Waals surface area contributed by atoms with Gasteiger partial charge in [-0.3, -0.25) is 4.98 Å². The molecule has 1 aromatic rings. The molecule has 2 rings (SSSR count). The van der Waals surface area contributed by atoms with Crippen LogP contribution in [-0.4, -0.2) is 11.6 Å². The average Bonchev–Trinajstić information content (AvgIpc) is 2.98. The molecule has 1 aromatic heterocycles. The highest BCUT2D eigenvalue weighted by atomic mass is 35.5. The molecule has 0 atom stereocenters. The van der Waals surface area contributed by atoms with E-state index in [1.807, 2.05) is 13.0 Å². The third kappa shape index (κ3) is 2.38. The molecule has 0 spiro atoms. The fourth-order valence-corrected chi connectivity index (χ4v) is 1.49. The van der Waals surface area contributed by atoms with Gasteiger partial charge in [0.1, 0.15) is 5.75 Å². The van der Waals surface area contributed by atoms with Gasteiger partial charge in [0.25, 0.3) is 0 Å². The van der Waals surface area contributed by atoms with Crippen molar-refractivity contribution in [2.45, 2.75) is 25.6 Å². The molecule has 76 valence electrons. The third-order valence-corrected chi connectivity index (χ3v) is 2.68. The number of alkyl halides is 1. The Bertz CT molecular complexity index is 323. The van der Waals surface area contributed by atoms with Gasteiger partial charge in [0.15, 0.2) is 0 Å². The Balaban J connectivity index is 2.07. The van der Waals surface area contributed by atoms with E-state index in [0.717, 1.165) is 29.5 Å². The fraction of sp³-hybridized carbons (Fsp3) is 0.545. The lowest BCUT2D eigenvalue weighted by Gasteiger charge is -2.09. The molecule has 0 bridgehead atoms. The summed E-state index contributed by atoms with van der Waals surface area (Å²) in [4.78, 5) is 4.19. The highest BCUT2D eigenvalue weighted by molar-refractivity contribution is 6.17. The van der Waals surface area contributed by atoms with Crippen LogP contribution in [0.15, 0.2) is 12.3 Å². The van der Waals surface area contributed by atoms with Crippen LogP contribution in [0.2, 0.25) is 0 Å². The van der Waals surface area contributed by atoms with Crippen LogP contribution in [0.5, 0.6) is 5.75 Å². The van der Waals surface area contributed by atoms with E-state index in [0.29, 0.717) is 5.88 Å². The van der Waals surface area contributed by atoms with Crippen molar-refractivity contribution in [3.63, 3.8) is 0 Å². The Morgan fingerprint density at radius 2 is 2.36 bits per heavy atom. The molecule has 1 aliphatic rings. The molecule has 0 saturated heterocycles. The number of aromatic nitrogens is 1. The van der Waals surface area contributed by atoms with Crippen molar-refractivity contribution in [1.29, 1.82) is 0 Å². The van der Waals surface area contributed by atoms with Crippen LogP contribution in [0.4, 0.5) is 0 Å². The van der Waals surface area contributed by atoms with Crippen LogP contribution >= 0.6 is 11.6 Å². The number of ether oxygens (including phenoxy) is 1. The van der Waals surface area contributed by atoms with Crippen molar-refractivity contribution in [3.8, 4) is 5.75 Å². The molecule has 3 heteroatoms. The highest BCUT2D eigenvalue weighted by Crippen LogP contribution is 2.30. The van der Waals surface area contributed by atoms with Crippen molar-refractivity contribution in [3.05, 3.63) is 23.5 Å². The first-order chi connectivity index (χ1) is 6.79. The number of hydrogen-bond acceptors (Lipinski definition) is 2. The van der Waals surface area contributed by atoms with Crippen LogP contribution < -0.4 is 4.74 Å². The Hall–Kier alpha value is -0.760. The molecule has 0 aromatic carbocycles. The second-order valence-electron chi connectivity index (χ2n) is 3.82. The van der Waals surface area contributed by atoms with E-state index in [4.69, 9.17) is 16.3 Å². The van der Waals surface area contributed by atoms with E-state index in [1.54, 1.807) is 6.20 Å². The maximum atomic E-state index is 5.80. The number of nitrogens with zero attached hydrogens (tertiary/aromatic N) is 1. The largest absolute Gasteiger partial charge is 0.493 e. The molecule has 2 nitrogen and oxygen atoms in total. The fourth-order valence-electron chi connectivity index (χ4n) is 1.29. The zero-order valence-electron chi connectivity index (χ0n) is 8.29. The molecule has 1 heterocycles. The summed E-state index contributed by atoms with van der Waals surface area (Å²) in [7, 11) is 0. The first kappa shape index (κ1) is 9.78. The molecule has 0 radical (unpaired) electrons. The number of aryl methyl sites for hydroxylation is 1. The van der Waals surface area contributed by atoms with Gasteiger partial charge in [0, 0.05) is 23.5 Å². The van der Waals surface area contributed by atoms with Gasteiger partial charge < -0.3 is 4.74 Å². The molecule has 14 heavy (non-hydrogen) atoms. The van der Waals surface area contributed by atoms with E-state index >= 15 is 0 Å². The lowest BCUT2D eigenvalue weighted by atomic mass is 10.2. The Labute approximate surface area is 89.3 Å². The minimum Gasteiger partial charge on any atom is -0.493 e. The molecule has 0 aliphatic heterocycles. The van der Waals surface area contributed by atoms with Crippen LogP contribution in [-0.2, 0) is 5.88 Å². The number of pyridine rings is 1. The van der Waals surface area contributed by atoms with E-state index < -0.39 is 0 Å². The predicted molar refractivity (Wildman–Crippen MR) is 56.8 cm³/mol. The number of rotatable bonds is 4. The maximum Gasteiger partial charge on any atom is 0.127 e. The van der Waals surface area contributed by atoms with Crippen LogP contribution in [0.3, 0.4) is 0 Å². The van der Waals surface area contributed by atoms with Crippen molar-refractivity contribution < 1.29 is 4.74 Å². The van der Waals surface area contributed by atoms with Gasteiger partial charge in [-0.25, -0.2) is 0 Å². The first-order valence-corrected chi connectivity index (χ1v) is 5.47. The highest BCUT2D eigenvalue weighted by Gasteiger charge is 2.22. The lowest BCUT2D eigenvalue weighted by Crippen LogP contribution is -2.02. The van der Waals surface area contributed by atoms with Crippen LogP contribution in [0, 0.1) is 12.8 Å². The summed E-state index contributed by atoms with van der Waals surface area (Å²) in [5.74, 6) is 2.14. The normalized spacial score (nSPS) is 15.6. The Morgan fingerprint density at radius 3 is 3.00 bits per heavy atom. The second kappa shape index (κ2) is 4.18. The lowest BCUT2D eigenvalue weighted by molar-refractivity contribution is 0.297. The molecule has 0 N–H and O–H groups in total. The SMILES string of the molecule is Cc1cc(OCC2CC2)c(CCl)cn1. The third-order valence-electron chi connectivity index (χ3n) is 2.40. The number of hydrogen-bond donors (Lipinski definition) is 0. The summed E-state index contributed by atoms with van der Waals surface area (Å²) in [5.41, 5.74) is 1.96. The topological polar surface area (TPSA) is 22.1 Å². The molecular formula is C11H14ClNO. The van der Waals surface area contributed by atoms with E-state index in [1.165, 1.54) is 12.8 Å². The van der Waals surface area contributed by atoms with Gasteiger partial charge in [-0.15, -0.1) is 11.6 Å². The smallest absolute Gasteiger partial charge is 0.127 e. The summed E-state index contributed by atoms with van der Waals surface area (Å²) in [6, 6.07) is 1.96. The van der Waals surface area contributed by atoms with Crippen LogP contribution in [0.1, 0.15) is 24.1 Å². The molecule has 0 unspecified atom stereocenters. The average molecular weight is 212 g/mol. The summed E-state index contributed by atoms with van der Waals surface area (Å²) < 4.78 is 5.71. The molecule has 1 fully saturated rings. The Morgan fingerprint density at radius 1 is 1.57 bits per heavy atom. The summed E-state index contributed by atoms with van der Waals surface area (Å²) >= 11 is 5.80. The molecule has 0 amide bonds. The second-order valence-corrected chi connectivity index (χ2v) is 4.09. The van der Waals surface area contributed by atoms with E-state index in [2.05, 4.69) is 4.98 Å². The minimum atomic E-state index is 0.466. The van der Waals surface area contributed by atoms with Gasteiger partial charge in [0.2, 0.25) is 0 Å². The zero-order valence-corrected chi connectivity index (χ0v) is 9.05. The minimum absolute atomic E-state index is 0.466. The van der Waals surface area contributed by atoms with Gasteiger partial charge in [-0.05, 0) is 25.7 Å². The van der Waals surface area contributed by atoms with Gasteiger partial charge >= 0.3 is 0 Å². The number of halogens is 1. The molecule has 1 aliphatic carbocycles. The predicted octanol–water partition coefficient (Wildman–Crippen LogP) is 2.92. The summed E-state index contributed by atoms with van der Waals surface area (Å²) in [5, 5.41) is 0. The van der Waals surface area contributed by atoms with Crippen molar-refractivity contribution in [2.75, 3.05) is 6.61 Å². The van der Waals surface area contributed by atoms with Crippen LogP contribution in [0.25, 0.3) is 0 Å².